The third-order valence-electron chi connectivity index (χ3n) is 4.22. The number of benzene rings is 2. The highest BCUT2D eigenvalue weighted by molar-refractivity contribution is 7.13. The smallest absolute Gasteiger partial charge is 0.212 e. The van der Waals surface area contributed by atoms with Crippen molar-refractivity contribution in [3.8, 4) is 10.6 Å². The summed E-state index contributed by atoms with van der Waals surface area (Å²) in [6.07, 6.45) is -0.351. The predicted molar refractivity (Wildman–Crippen MR) is 106 cm³/mol. The van der Waals surface area contributed by atoms with E-state index in [0.29, 0.717) is 16.9 Å². The summed E-state index contributed by atoms with van der Waals surface area (Å²) in [6.45, 7) is 0. The molecule has 8 heteroatoms. The van der Waals surface area contributed by atoms with Gasteiger partial charge in [-0.1, -0.05) is 35.9 Å². The molecule has 128 valence electrons. The molecule has 1 atom stereocenters. The van der Waals surface area contributed by atoms with Crippen LogP contribution < -0.4 is 11.1 Å². The maximum atomic E-state index is 5.98. The van der Waals surface area contributed by atoms with Crippen LogP contribution in [0.1, 0.15) is 11.9 Å². The summed E-state index contributed by atoms with van der Waals surface area (Å²) < 4.78 is 2.02. The quantitative estimate of drug-likeness (QED) is 0.548. The summed E-state index contributed by atoms with van der Waals surface area (Å²) in [7, 11) is 0. The summed E-state index contributed by atoms with van der Waals surface area (Å²) in [5, 5.41) is 6.66. The van der Waals surface area contributed by atoms with Crippen LogP contribution in [0.15, 0.2) is 58.9 Å². The zero-order valence-electron chi connectivity index (χ0n) is 13.4. The van der Waals surface area contributed by atoms with Crippen molar-refractivity contribution < 1.29 is 0 Å². The topological polar surface area (TPSA) is 81.1 Å². The van der Waals surface area contributed by atoms with Crippen LogP contribution in [0.5, 0.6) is 0 Å². The monoisotopic (exact) mass is 380 g/mol. The molecule has 0 fully saturated rings. The van der Waals surface area contributed by atoms with Crippen LogP contribution in [-0.2, 0) is 0 Å². The van der Waals surface area contributed by atoms with Crippen molar-refractivity contribution in [3.63, 3.8) is 0 Å². The SMILES string of the molecule is NC1=NC(c2csc(-c3ccc(Cl)cc3)n2)n2c(nc3ccccc32)N1. The second kappa shape index (κ2) is 5.82. The zero-order chi connectivity index (χ0) is 17.7. The lowest BCUT2D eigenvalue weighted by atomic mass is 10.2. The van der Waals surface area contributed by atoms with E-state index in [2.05, 4.69) is 15.3 Å². The first-order valence-corrected chi connectivity index (χ1v) is 9.23. The number of anilines is 1. The van der Waals surface area contributed by atoms with E-state index in [1.807, 2.05) is 58.5 Å². The molecule has 0 amide bonds. The van der Waals surface area contributed by atoms with Crippen LogP contribution in [0.3, 0.4) is 0 Å². The van der Waals surface area contributed by atoms with Gasteiger partial charge < -0.3 is 5.73 Å². The number of guanidine groups is 1. The van der Waals surface area contributed by atoms with Crippen molar-refractivity contribution >= 4 is 45.9 Å². The maximum absolute atomic E-state index is 5.98. The maximum Gasteiger partial charge on any atom is 0.212 e. The zero-order valence-corrected chi connectivity index (χ0v) is 15.0. The minimum atomic E-state index is -0.351. The third-order valence-corrected chi connectivity index (χ3v) is 5.38. The van der Waals surface area contributed by atoms with Gasteiger partial charge in [0.05, 0.1) is 16.7 Å². The van der Waals surface area contributed by atoms with E-state index in [9.17, 15) is 0 Å². The molecule has 6 nitrogen and oxygen atoms in total. The van der Waals surface area contributed by atoms with Crippen molar-refractivity contribution in [2.75, 3.05) is 5.32 Å². The van der Waals surface area contributed by atoms with E-state index in [1.54, 1.807) is 11.3 Å². The van der Waals surface area contributed by atoms with E-state index in [4.69, 9.17) is 22.3 Å². The summed E-state index contributed by atoms with van der Waals surface area (Å²) in [6, 6.07) is 15.6. The average molecular weight is 381 g/mol. The molecule has 5 rings (SSSR count). The highest BCUT2D eigenvalue weighted by atomic mass is 35.5. The van der Waals surface area contributed by atoms with Gasteiger partial charge in [-0.15, -0.1) is 11.3 Å². The number of para-hydroxylation sites is 2. The minimum absolute atomic E-state index is 0.332. The molecule has 0 saturated carbocycles. The fourth-order valence-corrected chi connectivity index (χ4v) is 4.01. The Bertz CT molecular complexity index is 1140. The lowest BCUT2D eigenvalue weighted by Crippen LogP contribution is -2.31. The first-order chi connectivity index (χ1) is 12.7. The second-order valence-electron chi connectivity index (χ2n) is 5.89. The van der Waals surface area contributed by atoms with Crippen LogP contribution >= 0.6 is 22.9 Å². The van der Waals surface area contributed by atoms with Gasteiger partial charge in [0.2, 0.25) is 5.95 Å². The van der Waals surface area contributed by atoms with E-state index in [-0.39, 0.29) is 6.17 Å². The summed E-state index contributed by atoms with van der Waals surface area (Å²) >= 11 is 7.54. The molecule has 1 aliphatic rings. The lowest BCUT2D eigenvalue weighted by Gasteiger charge is -2.22. The number of rotatable bonds is 2. The molecule has 0 aliphatic carbocycles. The van der Waals surface area contributed by atoms with Gasteiger partial charge in [0, 0.05) is 16.0 Å². The first-order valence-electron chi connectivity index (χ1n) is 7.98. The van der Waals surface area contributed by atoms with Gasteiger partial charge in [-0.05, 0) is 24.3 Å². The normalized spacial score (nSPS) is 16.2. The molecule has 1 aliphatic heterocycles. The Balaban J connectivity index is 1.62. The Morgan fingerprint density at radius 3 is 2.73 bits per heavy atom. The van der Waals surface area contributed by atoms with Gasteiger partial charge in [0.1, 0.15) is 5.01 Å². The van der Waals surface area contributed by atoms with Crippen LogP contribution in [-0.4, -0.2) is 20.5 Å². The van der Waals surface area contributed by atoms with E-state index in [0.717, 1.165) is 27.3 Å². The molecule has 26 heavy (non-hydrogen) atoms. The number of aliphatic imine (C=N–C) groups is 1. The number of thiazole rings is 1. The highest BCUT2D eigenvalue weighted by Gasteiger charge is 2.26. The van der Waals surface area contributed by atoms with Gasteiger partial charge in [-0.3, -0.25) is 9.88 Å². The Hall–Kier alpha value is -2.90. The van der Waals surface area contributed by atoms with E-state index in [1.165, 1.54) is 0 Å². The number of hydrogen-bond acceptors (Lipinski definition) is 6. The van der Waals surface area contributed by atoms with Crippen molar-refractivity contribution in [2.45, 2.75) is 6.17 Å². The predicted octanol–water partition coefficient (Wildman–Crippen LogP) is 4.10. The van der Waals surface area contributed by atoms with Crippen LogP contribution in [0.25, 0.3) is 21.6 Å². The standard InChI is InChI=1S/C18H13ClN6S/c19-11-7-5-10(6-8-11)16-21-13(9-26-16)15-23-17(20)24-18-22-12-3-1-2-4-14(12)25(15)18/h1-9,15H,(H3,20,22,23,24). The highest BCUT2D eigenvalue weighted by Crippen LogP contribution is 2.34. The molecule has 0 bridgehead atoms. The van der Waals surface area contributed by atoms with Gasteiger partial charge >= 0.3 is 0 Å². The summed E-state index contributed by atoms with van der Waals surface area (Å²) in [5.41, 5.74) is 9.70. The number of fused-ring (bicyclic) bond motifs is 3. The Morgan fingerprint density at radius 1 is 1.08 bits per heavy atom. The molecular weight excluding hydrogens is 368 g/mol. The van der Waals surface area contributed by atoms with Gasteiger partial charge in [-0.25, -0.2) is 15.0 Å². The molecule has 3 heterocycles. The molecule has 3 N–H and O–H groups in total. The molecular formula is C18H13ClN6S. The van der Waals surface area contributed by atoms with Crippen molar-refractivity contribution in [2.24, 2.45) is 10.7 Å². The number of halogens is 1. The fourth-order valence-electron chi connectivity index (χ4n) is 3.04. The molecule has 0 radical (unpaired) electrons. The van der Waals surface area contributed by atoms with E-state index >= 15 is 0 Å². The molecule has 1 unspecified atom stereocenters. The molecule has 4 aromatic rings. The van der Waals surface area contributed by atoms with Gasteiger partial charge in [0.15, 0.2) is 12.1 Å². The van der Waals surface area contributed by atoms with Gasteiger partial charge in [-0.2, -0.15) is 0 Å². The average Bonchev–Trinajstić information content (AvgIpc) is 3.26. The molecule has 0 spiro atoms. The number of nitrogens with zero attached hydrogens (tertiary/aromatic N) is 4. The Kier molecular flexibility index (Phi) is 3.44. The van der Waals surface area contributed by atoms with Crippen molar-refractivity contribution in [1.82, 2.24) is 14.5 Å². The fraction of sp³-hybridized carbons (Fsp3) is 0.0556. The van der Waals surface area contributed by atoms with Crippen LogP contribution in [0.2, 0.25) is 5.02 Å². The molecule has 2 aromatic heterocycles. The van der Waals surface area contributed by atoms with Crippen LogP contribution in [0.4, 0.5) is 5.95 Å². The Labute approximate surface area is 158 Å². The number of imidazole rings is 1. The van der Waals surface area contributed by atoms with Crippen LogP contribution in [0, 0.1) is 0 Å². The van der Waals surface area contributed by atoms with E-state index < -0.39 is 0 Å². The number of hydrogen-bond donors (Lipinski definition) is 2. The van der Waals surface area contributed by atoms with Crippen molar-refractivity contribution in [1.29, 1.82) is 0 Å². The first kappa shape index (κ1) is 15.4. The second-order valence-corrected chi connectivity index (χ2v) is 7.19. The number of nitrogens with one attached hydrogen (secondary N) is 1. The minimum Gasteiger partial charge on any atom is -0.370 e. The van der Waals surface area contributed by atoms with Gasteiger partial charge in [0.25, 0.3) is 0 Å². The summed E-state index contributed by atoms with van der Waals surface area (Å²) in [4.78, 5) is 14.0. The Morgan fingerprint density at radius 2 is 1.88 bits per heavy atom. The number of nitrogens with two attached hydrogens (primary N) is 1. The molecule has 2 aromatic carbocycles. The summed E-state index contributed by atoms with van der Waals surface area (Å²) in [5.74, 6) is 1.00. The largest absolute Gasteiger partial charge is 0.370 e. The molecule has 0 saturated heterocycles. The number of aromatic nitrogens is 3. The third kappa shape index (κ3) is 2.44. The lowest BCUT2D eigenvalue weighted by molar-refractivity contribution is 0.612. The van der Waals surface area contributed by atoms with Crippen molar-refractivity contribution in [3.05, 3.63) is 64.6 Å².